The quantitative estimate of drug-likeness (QED) is 0.508. The fraction of sp³-hybridized carbons (Fsp3) is 0.500. The minimum absolute atomic E-state index is 0.393. The molecule has 0 amide bonds. The smallest absolute Gasteiger partial charge is 0.191 e. The molecule has 1 aromatic heterocycles. The van der Waals surface area contributed by atoms with Gasteiger partial charge in [0.1, 0.15) is 0 Å². The Morgan fingerprint density at radius 1 is 1.26 bits per heavy atom. The van der Waals surface area contributed by atoms with E-state index in [1.807, 2.05) is 23.9 Å². The van der Waals surface area contributed by atoms with Crippen LogP contribution in [0.3, 0.4) is 0 Å². The van der Waals surface area contributed by atoms with Crippen LogP contribution in [0.5, 0.6) is 0 Å². The summed E-state index contributed by atoms with van der Waals surface area (Å²) in [7, 11) is 0. The third kappa shape index (κ3) is 5.80. The second-order valence-corrected chi connectivity index (χ2v) is 6.83. The van der Waals surface area contributed by atoms with Gasteiger partial charge in [0.15, 0.2) is 5.96 Å². The van der Waals surface area contributed by atoms with Crippen molar-refractivity contribution in [3.8, 4) is 5.69 Å². The van der Waals surface area contributed by atoms with Gasteiger partial charge in [0.25, 0.3) is 0 Å². The number of aromatic nitrogens is 2. The second-order valence-electron chi connectivity index (χ2n) is 6.83. The molecule has 1 fully saturated rings. The largest absolute Gasteiger partial charge is 0.388 e. The highest BCUT2D eigenvalue weighted by Gasteiger charge is 2.29. The fourth-order valence-electron chi connectivity index (χ4n) is 3.04. The van der Waals surface area contributed by atoms with Crippen molar-refractivity contribution < 1.29 is 9.84 Å². The number of hydrogen-bond donors (Lipinski definition) is 3. The Morgan fingerprint density at radius 3 is 2.70 bits per heavy atom. The van der Waals surface area contributed by atoms with Gasteiger partial charge in [0, 0.05) is 51.5 Å². The van der Waals surface area contributed by atoms with Crippen LogP contribution in [0, 0.1) is 0 Å². The molecule has 7 nitrogen and oxygen atoms in total. The van der Waals surface area contributed by atoms with Crippen LogP contribution in [0.1, 0.15) is 25.3 Å². The first-order valence-corrected chi connectivity index (χ1v) is 9.60. The van der Waals surface area contributed by atoms with Gasteiger partial charge in [0.05, 0.1) is 17.8 Å². The van der Waals surface area contributed by atoms with Gasteiger partial charge >= 0.3 is 0 Å². The molecule has 27 heavy (non-hydrogen) atoms. The average molecular weight is 371 g/mol. The Bertz CT molecular complexity index is 706. The molecule has 0 radical (unpaired) electrons. The third-order valence-corrected chi connectivity index (χ3v) is 4.71. The molecule has 0 atom stereocenters. The molecule has 2 aromatic rings. The summed E-state index contributed by atoms with van der Waals surface area (Å²) < 4.78 is 7.17. The summed E-state index contributed by atoms with van der Waals surface area (Å²) in [4.78, 5) is 4.57. The number of rotatable bonds is 7. The van der Waals surface area contributed by atoms with E-state index in [4.69, 9.17) is 4.74 Å². The van der Waals surface area contributed by atoms with E-state index in [-0.39, 0.29) is 0 Å². The highest BCUT2D eigenvalue weighted by molar-refractivity contribution is 5.79. The van der Waals surface area contributed by atoms with Crippen molar-refractivity contribution in [2.45, 2.75) is 31.8 Å². The van der Waals surface area contributed by atoms with Gasteiger partial charge in [0.2, 0.25) is 0 Å². The Morgan fingerprint density at radius 2 is 2.04 bits per heavy atom. The maximum Gasteiger partial charge on any atom is 0.191 e. The summed E-state index contributed by atoms with van der Waals surface area (Å²) in [6.45, 7) is 5.19. The van der Waals surface area contributed by atoms with E-state index >= 15 is 0 Å². The van der Waals surface area contributed by atoms with Gasteiger partial charge in [-0.15, -0.1) is 0 Å². The number of benzene rings is 1. The molecular formula is C20H29N5O2. The van der Waals surface area contributed by atoms with Crippen molar-refractivity contribution in [2.75, 3.05) is 32.8 Å². The SMILES string of the molecule is CCNC(=NCC1(O)CCOCC1)NCCc1ccc(-n2cccn2)cc1. The van der Waals surface area contributed by atoms with Crippen LogP contribution in [0.4, 0.5) is 0 Å². The zero-order valence-electron chi connectivity index (χ0n) is 15.9. The van der Waals surface area contributed by atoms with Crippen LogP contribution in [-0.2, 0) is 11.2 Å². The topological polar surface area (TPSA) is 83.7 Å². The lowest BCUT2D eigenvalue weighted by molar-refractivity contribution is -0.0565. The molecule has 146 valence electrons. The first-order chi connectivity index (χ1) is 13.2. The van der Waals surface area contributed by atoms with E-state index < -0.39 is 5.60 Å². The summed E-state index contributed by atoms with van der Waals surface area (Å²) in [6, 6.07) is 10.3. The molecule has 1 saturated heterocycles. The monoisotopic (exact) mass is 371 g/mol. The molecular weight excluding hydrogens is 342 g/mol. The Hall–Kier alpha value is -2.38. The number of guanidine groups is 1. The molecule has 7 heteroatoms. The van der Waals surface area contributed by atoms with E-state index in [0.29, 0.717) is 32.6 Å². The molecule has 0 aliphatic carbocycles. The predicted molar refractivity (Wildman–Crippen MR) is 106 cm³/mol. The first-order valence-electron chi connectivity index (χ1n) is 9.60. The lowest BCUT2D eigenvalue weighted by atomic mass is 9.95. The number of aliphatic hydroxyl groups is 1. The van der Waals surface area contributed by atoms with Gasteiger partial charge < -0.3 is 20.5 Å². The van der Waals surface area contributed by atoms with E-state index in [1.165, 1.54) is 5.56 Å². The van der Waals surface area contributed by atoms with E-state index in [2.05, 4.69) is 45.0 Å². The predicted octanol–water partition coefficient (Wildman–Crippen LogP) is 1.51. The number of nitrogens with one attached hydrogen (secondary N) is 2. The van der Waals surface area contributed by atoms with Crippen molar-refractivity contribution in [3.63, 3.8) is 0 Å². The minimum Gasteiger partial charge on any atom is -0.388 e. The zero-order valence-corrected chi connectivity index (χ0v) is 15.9. The number of ether oxygens (including phenoxy) is 1. The molecule has 3 rings (SSSR count). The molecule has 0 unspecified atom stereocenters. The van der Waals surface area contributed by atoms with Gasteiger partial charge in [-0.1, -0.05) is 12.1 Å². The molecule has 1 aliphatic rings. The number of aliphatic imine (C=N–C) groups is 1. The molecule has 3 N–H and O–H groups in total. The highest BCUT2D eigenvalue weighted by Crippen LogP contribution is 2.20. The zero-order chi connectivity index (χ0) is 19.0. The number of hydrogen-bond acceptors (Lipinski definition) is 4. The van der Waals surface area contributed by atoms with E-state index in [9.17, 15) is 5.11 Å². The van der Waals surface area contributed by atoms with Crippen molar-refractivity contribution in [2.24, 2.45) is 4.99 Å². The fourth-order valence-corrected chi connectivity index (χ4v) is 3.04. The maximum absolute atomic E-state index is 10.5. The van der Waals surface area contributed by atoms with Crippen LogP contribution in [-0.4, -0.2) is 59.3 Å². The van der Waals surface area contributed by atoms with E-state index in [0.717, 1.165) is 31.2 Å². The minimum atomic E-state index is -0.747. The van der Waals surface area contributed by atoms with E-state index in [1.54, 1.807) is 6.20 Å². The molecule has 0 spiro atoms. The van der Waals surface area contributed by atoms with Crippen molar-refractivity contribution in [1.29, 1.82) is 0 Å². The van der Waals surface area contributed by atoms with Crippen molar-refractivity contribution in [1.82, 2.24) is 20.4 Å². The molecule has 0 saturated carbocycles. The summed E-state index contributed by atoms with van der Waals surface area (Å²) >= 11 is 0. The van der Waals surface area contributed by atoms with Crippen LogP contribution in [0.15, 0.2) is 47.7 Å². The molecule has 2 heterocycles. The Kier molecular flexibility index (Phi) is 6.84. The summed E-state index contributed by atoms with van der Waals surface area (Å²) in [5.41, 5.74) is 1.55. The Labute approximate surface area is 160 Å². The summed E-state index contributed by atoms with van der Waals surface area (Å²) in [6.07, 6.45) is 5.87. The van der Waals surface area contributed by atoms with Crippen LogP contribution in [0.25, 0.3) is 5.69 Å². The van der Waals surface area contributed by atoms with Gasteiger partial charge in [-0.25, -0.2) is 4.68 Å². The van der Waals surface area contributed by atoms with Gasteiger partial charge in [-0.05, 0) is 37.1 Å². The van der Waals surface area contributed by atoms with Gasteiger partial charge in [-0.2, -0.15) is 5.10 Å². The summed E-state index contributed by atoms with van der Waals surface area (Å²) in [5.74, 6) is 0.741. The molecule has 1 aliphatic heterocycles. The normalized spacial score (nSPS) is 16.9. The third-order valence-electron chi connectivity index (χ3n) is 4.71. The Balaban J connectivity index is 1.49. The van der Waals surface area contributed by atoms with Crippen molar-refractivity contribution in [3.05, 3.63) is 48.3 Å². The lowest BCUT2D eigenvalue weighted by Gasteiger charge is -2.30. The van der Waals surface area contributed by atoms with Crippen LogP contribution in [0.2, 0.25) is 0 Å². The summed E-state index contributed by atoms with van der Waals surface area (Å²) in [5, 5.41) is 21.4. The lowest BCUT2D eigenvalue weighted by Crippen LogP contribution is -2.43. The van der Waals surface area contributed by atoms with Gasteiger partial charge in [-0.3, -0.25) is 4.99 Å². The van der Waals surface area contributed by atoms with Crippen LogP contribution < -0.4 is 10.6 Å². The highest BCUT2D eigenvalue weighted by atomic mass is 16.5. The van der Waals surface area contributed by atoms with Crippen molar-refractivity contribution >= 4 is 5.96 Å². The second kappa shape index (κ2) is 9.53. The maximum atomic E-state index is 10.5. The first kappa shape index (κ1) is 19.4. The standard InChI is InChI=1S/C20H29N5O2/c1-2-21-19(23-16-20(26)9-14-27-15-10-20)22-12-8-17-4-6-18(7-5-17)25-13-3-11-24-25/h3-7,11,13,26H,2,8-10,12,14-16H2,1H3,(H2,21,22,23). The average Bonchev–Trinajstić information content (AvgIpc) is 3.22. The molecule has 0 bridgehead atoms. The molecule has 1 aromatic carbocycles. The number of nitrogens with zero attached hydrogens (tertiary/aromatic N) is 3. The van der Waals surface area contributed by atoms with Crippen LogP contribution >= 0.6 is 0 Å².